The highest BCUT2D eigenvalue weighted by Crippen LogP contribution is 2.33. The molecule has 0 aliphatic carbocycles. The van der Waals surface area contributed by atoms with Gasteiger partial charge in [0.2, 0.25) is 0 Å². The summed E-state index contributed by atoms with van der Waals surface area (Å²) in [6.07, 6.45) is 1.74. The van der Waals surface area contributed by atoms with Gasteiger partial charge < -0.3 is 4.74 Å². The topological polar surface area (TPSA) is 22.1 Å². The maximum Gasteiger partial charge on any atom is 0.153 e. The first-order chi connectivity index (χ1) is 9.78. The number of aromatic nitrogens is 1. The average molecular weight is 304 g/mol. The van der Waals surface area contributed by atoms with Gasteiger partial charge in [-0.3, -0.25) is 4.98 Å². The van der Waals surface area contributed by atoms with Crippen molar-refractivity contribution in [3.05, 3.63) is 65.3 Å². The molecule has 100 valence electrons. The van der Waals surface area contributed by atoms with Crippen molar-refractivity contribution >= 4 is 34.1 Å². The van der Waals surface area contributed by atoms with Crippen molar-refractivity contribution in [2.75, 3.05) is 0 Å². The Morgan fingerprint density at radius 2 is 1.85 bits per heavy atom. The van der Waals surface area contributed by atoms with Crippen LogP contribution in [-0.2, 0) is 5.88 Å². The molecule has 0 amide bonds. The van der Waals surface area contributed by atoms with Crippen LogP contribution >= 0.6 is 23.2 Å². The number of benzene rings is 2. The molecule has 0 atom stereocenters. The Balaban J connectivity index is 2.01. The Labute approximate surface area is 126 Å². The van der Waals surface area contributed by atoms with E-state index in [4.69, 9.17) is 27.9 Å². The second kappa shape index (κ2) is 5.70. The molecule has 1 heterocycles. The highest BCUT2D eigenvalue weighted by atomic mass is 35.5. The lowest BCUT2D eigenvalue weighted by Crippen LogP contribution is -1.89. The van der Waals surface area contributed by atoms with E-state index >= 15 is 0 Å². The molecule has 3 aromatic rings. The summed E-state index contributed by atoms with van der Waals surface area (Å²) in [7, 11) is 0. The predicted molar refractivity (Wildman–Crippen MR) is 82.8 cm³/mol. The molecule has 2 aromatic carbocycles. The van der Waals surface area contributed by atoms with Gasteiger partial charge in [0.05, 0.1) is 5.02 Å². The van der Waals surface area contributed by atoms with Crippen LogP contribution in [0.3, 0.4) is 0 Å². The first-order valence-corrected chi connectivity index (χ1v) is 7.05. The van der Waals surface area contributed by atoms with Gasteiger partial charge in [-0.1, -0.05) is 35.9 Å². The van der Waals surface area contributed by atoms with E-state index in [1.807, 2.05) is 48.5 Å². The standard InChI is InChI=1S/C16H11Cl2NO/c17-10-11-6-7-14(13(18)9-11)20-15-5-1-3-12-4-2-8-19-16(12)15/h1-9H,10H2. The molecule has 0 bridgehead atoms. The first-order valence-electron chi connectivity index (χ1n) is 6.14. The van der Waals surface area contributed by atoms with Crippen molar-refractivity contribution < 1.29 is 4.74 Å². The molecule has 0 spiro atoms. The molecule has 0 unspecified atom stereocenters. The van der Waals surface area contributed by atoms with Crippen molar-refractivity contribution in [1.82, 2.24) is 4.98 Å². The second-order valence-corrected chi connectivity index (χ2v) is 5.01. The van der Waals surface area contributed by atoms with Gasteiger partial charge in [-0.25, -0.2) is 0 Å². The molecule has 3 rings (SSSR count). The Hall–Kier alpha value is -1.77. The van der Waals surface area contributed by atoms with E-state index in [0.29, 0.717) is 22.4 Å². The smallest absolute Gasteiger partial charge is 0.153 e. The lowest BCUT2D eigenvalue weighted by molar-refractivity contribution is 0.487. The molecule has 20 heavy (non-hydrogen) atoms. The molecular weight excluding hydrogens is 293 g/mol. The maximum absolute atomic E-state index is 6.21. The molecule has 0 aliphatic rings. The zero-order valence-corrected chi connectivity index (χ0v) is 12.0. The van der Waals surface area contributed by atoms with E-state index < -0.39 is 0 Å². The summed E-state index contributed by atoms with van der Waals surface area (Å²) in [5.41, 5.74) is 1.77. The monoisotopic (exact) mass is 303 g/mol. The van der Waals surface area contributed by atoms with Gasteiger partial charge in [0.15, 0.2) is 5.75 Å². The fourth-order valence-corrected chi connectivity index (χ4v) is 2.40. The van der Waals surface area contributed by atoms with Gasteiger partial charge in [-0.2, -0.15) is 0 Å². The Bertz CT molecular complexity index is 753. The van der Waals surface area contributed by atoms with Crippen LogP contribution in [0.5, 0.6) is 11.5 Å². The van der Waals surface area contributed by atoms with Gasteiger partial charge in [0.25, 0.3) is 0 Å². The first kappa shape index (κ1) is 13.2. The molecule has 0 radical (unpaired) electrons. The number of alkyl halides is 1. The van der Waals surface area contributed by atoms with Crippen molar-refractivity contribution in [2.45, 2.75) is 5.88 Å². The Morgan fingerprint density at radius 3 is 2.65 bits per heavy atom. The van der Waals surface area contributed by atoms with E-state index in [9.17, 15) is 0 Å². The highest BCUT2D eigenvalue weighted by molar-refractivity contribution is 6.32. The van der Waals surface area contributed by atoms with E-state index in [1.165, 1.54) is 0 Å². The summed E-state index contributed by atoms with van der Waals surface area (Å²) in [6, 6.07) is 15.2. The van der Waals surface area contributed by atoms with Crippen molar-refractivity contribution in [2.24, 2.45) is 0 Å². The minimum atomic E-state index is 0.426. The van der Waals surface area contributed by atoms with Crippen LogP contribution in [0.2, 0.25) is 5.02 Å². The summed E-state index contributed by atoms with van der Waals surface area (Å²) >= 11 is 12.0. The van der Waals surface area contributed by atoms with Gasteiger partial charge in [-0.05, 0) is 29.8 Å². The molecule has 0 aliphatic heterocycles. The number of rotatable bonds is 3. The lowest BCUT2D eigenvalue weighted by atomic mass is 10.2. The second-order valence-electron chi connectivity index (χ2n) is 4.33. The Kier molecular flexibility index (Phi) is 3.77. The van der Waals surface area contributed by atoms with Gasteiger partial charge in [0.1, 0.15) is 11.3 Å². The predicted octanol–water partition coefficient (Wildman–Crippen LogP) is 5.42. The normalized spacial score (nSPS) is 10.7. The minimum Gasteiger partial charge on any atom is -0.454 e. The van der Waals surface area contributed by atoms with Crippen LogP contribution in [0.15, 0.2) is 54.7 Å². The average Bonchev–Trinajstić information content (AvgIpc) is 2.49. The number of hydrogen-bond donors (Lipinski definition) is 0. The number of fused-ring (bicyclic) bond motifs is 1. The fraction of sp³-hybridized carbons (Fsp3) is 0.0625. The van der Waals surface area contributed by atoms with Gasteiger partial charge >= 0.3 is 0 Å². The van der Waals surface area contributed by atoms with Crippen LogP contribution in [-0.4, -0.2) is 4.98 Å². The van der Waals surface area contributed by atoms with Crippen LogP contribution < -0.4 is 4.74 Å². The van der Waals surface area contributed by atoms with Crippen molar-refractivity contribution in [3.63, 3.8) is 0 Å². The van der Waals surface area contributed by atoms with E-state index in [0.717, 1.165) is 16.5 Å². The zero-order valence-electron chi connectivity index (χ0n) is 10.5. The molecular formula is C16H11Cl2NO. The summed E-state index contributed by atoms with van der Waals surface area (Å²) in [4.78, 5) is 4.35. The molecule has 2 nitrogen and oxygen atoms in total. The van der Waals surface area contributed by atoms with Crippen LogP contribution in [0.25, 0.3) is 10.9 Å². The number of halogens is 2. The summed E-state index contributed by atoms with van der Waals surface area (Å²) in [5, 5.41) is 1.56. The highest BCUT2D eigenvalue weighted by Gasteiger charge is 2.07. The largest absolute Gasteiger partial charge is 0.454 e. The third-order valence-electron chi connectivity index (χ3n) is 2.97. The van der Waals surface area contributed by atoms with Crippen LogP contribution in [0.1, 0.15) is 5.56 Å². The lowest BCUT2D eigenvalue weighted by Gasteiger charge is -2.10. The maximum atomic E-state index is 6.21. The zero-order chi connectivity index (χ0) is 13.9. The van der Waals surface area contributed by atoms with Crippen LogP contribution in [0, 0.1) is 0 Å². The summed E-state index contributed by atoms with van der Waals surface area (Å²) in [6.45, 7) is 0. The quantitative estimate of drug-likeness (QED) is 0.603. The van der Waals surface area contributed by atoms with Crippen molar-refractivity contribution in [1.29, 1.82) is 0 Å². The number of para-hydroxylation sites is 1. The number of ether oxygens (including phenoxy) is 1. The molecule has 4 heteroatoms. The number of nitrogens with zero attached hydrogens (tertiary/aromatic N) is 1. The van der Waals surface area contributed by atoms with E-state index in [2.05, 4.69) is 4.98 Å². The van der Waals surface area contributed by atoms with Crippen molar-refractivity contribution in [3.8, 4) is 11.5 Å². The third kappa shape index (κ3) is 2.58. The fourth-order valence-electron chi connectivity index (χ4n) is 1.99. The summed E-state index contributed by atoms with van der Waals surface area (Å²) < 4.78 is 5.88. The summed E-state index contributed by atoms with van der Waals surface area (Å²) in [5.74, 6) is 1.71. The van der Waals surface area contributed by atoms with E-state index in [-0.39, 0.29) is 0 Å². The molecule has 0 fully saturated rings. The minimum absolute atomic E-state index is 0.426. The third-order valence-corrected chi connectivity index (χ3v) is 3.57. The molecule has 0 saturated heterocycles. The number of hydrogen-bond acceptors (Lipinski definition) is 2. The van der Waals surface area contributed by atoms with Crippen LogP contribution in [0.4, 0.5) is 0 Å². The number of pyridine rings is 1. The molecule has 0 N–H and O–H groups in total. The van der Waals surface area contributed by atoms with Gasteiger partial charge in [0, 0.05) is 17.5 Å². The van der Waals surface area contributed by atoms with Gasteiger partial charge in [-0.15, -0.1) is 11.6 Å². The molecule has 1 aromatic heterocycles. The molecule has 0 saturated carbocycles. The SMILES string of the molecule is ClCc1ccc(Oc2cccc3cccnc23)c(Cl)c1. The van der Waals surface area contributed by atoms with E-state index in [1.54, 1.807) is 6.20 Å². The Morgan fingerprint density at radius 1 is 1.00 bits per heavy atom.